The van der Waals surface area contributed by atoms with Crippen LogP contribution >= 0.6 is 0 Å². The average Bonchev–Trinajstić information content (AvgIpc) is 2.73. The molecule has 1 aromatic rings. The third kappa shape index (κ3) is 4.06. The lowest BCUT2D eigenvalue weighted by atomic mass is 9.93. The lowest BCUT2D eigenvalue weighted by Gasteiger charge is -2.19. The van der Waals surface area contributed by atoms with Crippen LogP contribution in [0.15, 0.2) is 18.2 Å². The van der Waals surface area contributed by atoms with Crippen molar-refractivity contribution in [1.29, 1.82) is 0 Å². The Hall–Kier alpha value is -1.37. The molecule has 1 N–H and O–H groups in total. The Balaban J connectivity index is 2.06. The maximum atomic E-state index is 13.7. The minimum Gasteiger partial charge on any atom is -0.395 e. The highest BCUT2D eigenvalue weighted by Gasteiger charge is 2.28. The van der Waals surface area contributed by atoms with E-state index in [1.165, 1.54) is 12.5 Å². The van der Waals surface area contributed by atoms with Gasteiger partial charge in [0.1, 0.15) is 5.82 Å². The Morgan fingerprint density at radius 1 is 1.40 bits per heavy atom. The summed E-state index contributed by atoms with van der Waals surface area (Å²) in [6, 6.07) is 5.14. The SMILES string of the molecule is CC1(C)CCN(Cc2ccc(F)c(C#CCCO)c2)C1. The number of aliphatic hydroxyl groups excluding tert-OH is 1. The summed E-state index contributed by atoms with van der Waals surface area (Å²) in [5.74, 6) is 5.27. The number of likely N-dealkylation sites (tertiary alicyclic amines) is 1. The second-order valence-electron chi connectivity index (χ2n) is 6.21. The molecule has 0 atom stereocenters. The van der Waals surface area contributed by atoms with Gasteiger partial charge in [-0.2, -0.15) is 0 Å². The molecule has 0 amide bonds. The molecule has 1 saturated heterocycles. The summed E-state index contributed by atoms with van der Waals surface area (Å²) >= 11 is 0. The molecule has 0 unspecified atom stereocenters. The third-order valence-corrected chi connectivity index (χ3v) is 3.65. The van der Waals surface area contributed by atoms with Gasteiger partial charge in [0.25, 0.3) is 0 Å². The van der Waals surface area contributed by atoms with Crippen LogP contribution in [-0.2, 0) is 6.54 Å². The normalized spacial score (nSPS) is 17.8. The summed E-state index contributed by atoms with van der Waals surface area (Å²) in [5, 5.41) is 8.70. The molecule has 0 aliphatic carbocycles. The van der Waals surface area contributed by atoms with E-state index in [9.17, 15) is 4.39 Å². The standard InChI is InChI=1S/C17H22FNO/c1-17(2)8-9-19(13-17)12-14-6-7-16(18)15(11-14)5-3-4-10-20/h6-7,11,20H,4,8-10,12-13H2,1-2H3. The Morgan fingerprint density at radius 3 is 2.85 bits per heavy atom. The predicted molar refractivity (Wildman–Crippen MR) is 78.7 cm³/mol. The molecule has 20 heavy (non-hydrogen) atoms. The highest BCUT2D eigenvalue weighted by atomic mass is 19.1. The van der Waals surface area contributed by atoms with Gasteiger partial charge in [-0.05, 0) is 36.1 Å². The van der Waals surface area contributed by atoms with E-state index in [4.69, 9.17) is 5.11 Å². The fourth-order valence-corrected chi connectivity index (χ4v) is 2.60. The van der Waals surface area contributed by atoms with Crippen LogP contribution in [0, 0.1) is 23.1 Å². The summed E-state index contributed by atoms with van der Waals surface area (Å²) < 4.78 is 13.7. The van der Waals surface area contributed by atoms with Gasteiger partial charge in [0.15, 0.2) is 0 Å². The third-order valence-electron chi connectivity index (χ3n) is 3.65. The Kier molecular flexibility index (Phi) is 4.80. The van der Waals surface area contributed by atoms with E-state index in [-0.39, 0.29) is 12.4 Å². The first kappa shape index (κ1) is 15.0. The van der Waals surface area contributed by atoms with Crippen LogP contribution in [0.4, 0.5) is 4.39 Å². The molecule has 0 spiro atoms. The van der Waals surface area contributed by atoms with Gasteiger partial charge in [0, 0.05) is 19.5 Å². The van der Waals surface area contributed by atoms with Crippen molar-refractivity contribution in [3.05, 3.63) is 35.1 Å². The van der Waals surface area contributed by atoms with Crippen LogP contribution in [-0.4, -0.2) is 29.7 Å². The fourth-order valence-electron chi connectivity index (χ4n) is 2.60. The van der Waals surface area contributed by atoms with Gasteiger partial charge >= 0.3 is 0 Å². The minimum atomic E-state index is -0.291. The first-order valence-electron chi connectivity index (χ1n) is 7.11. The molecule has 3 heteroatoms. The van der Waals surface area contributed by atoms with Crippen molar-refractivity contribution >= 4 is 0 Å². The fraction of sp³-hybridized carbons (Fsp3) is 0.529. The monoisotopic (exact) mass is 275 g/mol. The highest BCUT2D eigenvalue weighted by Crippen LogP contribution is 2.29. The zero-order chi connectivity index (χ0) is 14.6. The van der Waals surface area contributed by atoms with Crippen LogP contribution in [0.2, 0.25) is 0 Å². The maximum Gasteiger partial charge on any atom is 0.138 e. The zero-order valence-electron chi connectivity index (χ0n) is 12.2. The molecule has 1 aliphatic rings. The lowest BCUT2D eigenvalue weighted by Crippen LogP contribution is -2.22. The number of halogens is 1. The summed E-state index contributed by atoms with van der Waals surface area (Å²) in [4.78, 5) is 2.40. The highest BCUT2D eigenvalue weighted by molar-refractivity contribution is 5.38. The van der Waals surface area contributed by atoms with Gasteiger partial charge in [0.05, 0.1) is 12.2 Å². The number of benzene rings is 1. The molecule has 2 rings (SSSR count). The first-order chi connectivity index (χ1) is 9.50. The van der Waals surface area contributed by atoms with Crippen molar-refractivity contribution in [2.24, 2.45) is 5.41 Å². The molecule has 1 fully saturated rings. The van der Waals surface area contributed by atoms with Crippen molar-refractivity contribution in [2.75, 3.05) is 19.7 Å². The molecule has 108 valence electrons. The van der Waals surface area contributed by atoms with Crippen molar-refractivity contribution in [2.45, 2.75) is 33.2 Å². The Labute approximate surface area is 120 Å². The molecule has 1 aliphatic heterocycles. The summed E-state index contributed by atoms with van der Waals surface area (Å²) in [5.41, 5.74) is 1.90. The quantitative estimate of drug-likeness (QED) is 0.857. The lowest BCUT2D eigenvalue weighted by molar-refractivity contribution is 0.284. The molecular formula is C17H22FNO. The van der Waals surface area contributed by atoms with Gasteiger partial charge in [-0.25, -0.2) is 4.39 Å². The van der Waals surface area contributed by atoms with Crippen molar-refractivity contribution in [3.63, 3.8) is 0 Å². The van der Waals surface area contributed by atoms with Crippen LogP contribution < -0.4 is 0 Å². The van der Waals surface area contributed by atoms with E-state index in [1.54, 1.807) is 0 Å². The molecule has 0 radical (unpaired) electrons. The largest absolute Gasteiger partial charge is 0.395 e. The van der Waals surface area contributed by atoms with Crippen LogP contribution in [0.3, 0.4) is 0 Å². The smallest absolute Gasteiger partial charge is 0.138 e. The molecule has 1 heterocycles. The van der Waals surface area contributed by atoms with Gasteiger partial charge in [-0.15, -0.1) is 0 Å². The van der Waals surface area contributed by atoms with E-state index in [2.05, 4.69) is 30.6 Å². The van der Waals surface area contributed by atoms with Gasteiger partial charge in [-0.3, -0.25) is 4.90 Å². The van der Waals surface area contributed by atoms with E-state index in [0.29, 0.717) is 17.4 Å². The first-order valence-corrected chi connectivity index (χ1v) is 7.11. The van der Waals surface area contributed by atoms with E-state index < -0.39 is 0 Å². The van der Waals surface area contributed by atoms with Crippen molar-refractivity contribution < 1.29 is 9.50 Å². The van der Waals surface area contributed by atoms with Gasteiger partial charge in [-0.1, -0.05) is 31.8 Å². The van der Waals surface area contributed by atoms with Crippen LogP contribution in [0.5, 0.6) is 0 Å². The summed E-state index contributed by atoms with van der Waals surface area (Å²) in [7, 11) is 0. The van der Waals surface area contributed by atoms with Gasteiger partial charge in [0.2, 0.25) is 0 Å². The number of hydrogen-bond donors (Lipinski definition) is 1. The molecule has 1 aromatic carbocycles. The minimum absolute atomic E-state index is 0.0111. The Bertz CT molecular complexity index is 528. The zero-order valence-corrected chi connectivity index (χ0v) is 12.2. The van der Waals surface area contributed by atoms with E-state index in [0.717, 1.165) is 25.2 Å². The van der Waals surface area contributed by atoms with Crippen molar-refractivity contribution in [3.8, 4) is 11.8 Å². The number of hydrogen-bond acceptors (Lipinski definition) is 2. The topological polar surface area (TPSA) is 23.5 Å². The average molecular weight is 275 g/mol. The number of aliphatic hydroxyl groups is 1. The number of rotatable bonds is 3. The van der Waals surface area contributed by atoms with Crippen LogP contribution in [0.1, 0.15) is 37.8 Å². The molecular weight excluding hydrogens is 253 g/mol. The second kappa shape index (κ2) is 6.39. The van der Waals surface area contributed by atoms with Gasteiger partial charge < -0.3 is 5.11 Å². The summed E-state index contributed by atoms with van der Waals surface area (Å²) in [6.45, 7) is 7.59. The van der Waals surface area contributed by atoms with E-state index in [1.807, 2.05) is 12.1 Å². The number of nitrogens with zero attached hydrogens (tertiary/aromatic N) is 1. The molecule has 0 bridgehead atoms. The Morgan fingerprint density at radius 2 is 2.20 bits per heavy atom. The predicted octanol–water partition coefficient (Wildman–Crippen LogP) is 2.79. The van der Waals surface area contributed by atoms with Crippen LogP contribution in [0.25, 0.3) is 0 Å². The molecule has 2 nitrogen and oxygen atoms in total. The maximum absolute atomic E-state index is 13.7. The summed E-state index contributed by atoms with van der Waals surface area (Å²) in [6.07, 6.45) is 1.58. The molecule has 0 saturated carbocycles. The van der Waals surface area contributed by atoms with E-state index >= 15 is 0 Å². The second-order valence-corrected chi connectivity index (χ2v) is 6.21. The van der Waals surface area contributed by atoms with Crippen molar-refractivity contribution in [1.82, 2.24) is 4.90 Å². The molecule has 0 aromatic heterocycles.